The Balaban J connectivity index is 1.73. The minimum absolute atomic E-state index is 0.104. The maximum absolute atomic E-state index is 12.1. The van der Waals surface area contributed by atoms with Gasteiger partial charge < -0.3 is 10.2 Å². The summed E-state index contributed by atoms with van der Waals surface area (Å²) in [5.41, 5.74) is 1.17. The molecule has 0 bridgehead atoms. The molecule has 0 spiro atoms. The normalized spacial score (nSPS) is 10.6. The topological polar surface area (TPSA) is 58.1 Å². The largest absolute Gasteiger partial charge is 0.360 e. The molecule has 2 aromatic heterocycles. The zero-order valence-electron chi connectivity index (χ0n) is 12.7. The number of amides is 1. The zero-order chi connectivity index (χ0) is 15.8. The van der Waals surface area contributed by atoms with Crippen LogP contribution in [0, 0.1) is 0 Å². The van der Waals surface area contributed by atoms with Gasteiger partial charge in [0, 0.05) is 20.1 Å². The maximum atomic E-state index is 12.1. The first-order chi connectivity index (χ1) is 10.7. The minimum atomic E-state index is 0.104. The highest BCUT2D eigenvalue weighted by Crippen LogP contribution is 2.25. The van der Waals surface area contributed by atoms with E-state index in [1.807, 2.05) is 18.5 Å². The second-order valence-corrected chi connectivity index (χ2v) is 7.80. The van der Waals surface area contributed by atoms with E-state index in [0.717, 1.165) is 28.9 Å². The van der Waals surface area contributed by atoms with Crippen LogP contribution in [0.3, 0.4) is 0 Å². The van der Waals surface area contributed by atoms with Gasteiger partial charge in [-0.15, -0.1) is 10.2 Å². The van der Waals surface area contributed by atoms with Gasteiger partial charge in [-0.2, -0.15) is 11.3 Å². The van der Waals surface area contributed by atoms with Crippen molar-refractivity contribution >= 4 is 45.5 Å². The average Bonchev–Trinajstić information content (AvgIpc) is 3.17. The number of carbonyl (C=O) groups is 1. The third-order valence-corrected chi connectivity index (χ3v) is 5.69. The number of carbonyl (C=O) groups excluding carboxylic acids is 1. The molecule has 22 heavy (non-hydrogen) atoms. The molecule has 0 fully saturated rings. The first kappa shape index (κ1) is 17.2. The molecule has 0 saturated carbocycles. The fourth-order valence-electron chi connectivity index (χ4n) is 1.69. The van der Waals surface area contributed by atoms with Crippen LogP contribution >= 0.6 is 34.4 Å². The predicted octanol–water partition coefficient (Wildman–Crippen LogP) is 3.56. The fourth-order valence-corrected chi connectivity index (χ4v) is 4.07. The van der Waals surface area contributed by atoms with Gasteiger partial charge in [0.1, 0.15) is 0 Å². The lowest BCUT2D eigenvalue weighted by molar-refractivity contribution is -0.127. The van der Waals surface area contributed by atoms with Gasteiger partial charge in [0.15, 0.2) is 4.34 Å². The summed E-state index contributed by atoms with van der Waals surface area (Å²) >= 11 is 4.60. The van der Waals surface area contributed by atoms with E-state index in [4.69, 9.17) is 0 Å². The van der Waals surface area contributed by atoms with Crippen molar-refractivity contribution in [1.82, 2.24) is 15.1 Å². The van der Waals surface area contributed by atoms with Gasteiger partial charge in [-0.1, -0.05) is 36.4 Å². The lowest BCUT2D eigenvalue weighted by Crippen LogP contribution is -2.27. The summed E-state index contributed by atoms with van der Waals surface area (Å²) < 4.78 is 0.830. The van der Waals surface area contributed by atoms with Crippen molar-refractivity contribution in [2.24, 2.45) is 0 Å². The summed E-state index contributed by atoms with van der Waals surface area (Å²) in [5, 5.41) is 16.3. The van der Waals surface area contributed by atoms with Gasteiger partial charge in [-0.3, -0.25) is 4.79 Å². The van der Waals surface area contributed by atoms with E-state index in [2.05, 4.69) is 27.8 Å². The molecule has 1 amide bonds. The summed E-state index contributed by atoms with van der Waals surface area (Å²) in [6.07, 6.45) is 2.27. The van der Waals surface area contributed by atoms with E-state index in [9.17, 15) is 4.79 Å². The van der Waals surface area contributed by atoms with Crippen molar-refractivity contribution in [1.29, 1.82) is 0 Å². The van der Waals surface area contributed by atoms with E-state index < -0.39 is 0 Å². The number of nitrogens with zero attached hydrogens (tertiary/aromatic N) is 3. The summed E-state index contributed by atoms with van der Waals surface area (Å²) in [4.78, 5) is 13.9. The van der Waals surface area contributed by atoms with Crippen LogP contribution in [0.15, 0.2) is 21.2 Å². The van der Waals surface area contributed by atoms with Crippen LogP contribution in [0.2, 0.25) is 0 Å². The van der Waals surface area contributed by atoms with Crippen LogP contribution in [0.25, 0.3) is 0 Å². The molecule has 0 aliphatic carbocycles. The Morgan fingerprint density at radius 1 is 1.45 bits per heavy atom. The molecule has 0 aromatic carbocycles. The van der Waals surface area contributed by atoms with Gasteiger partial charge in [-0.25, -0.2) is 0 Å². The summed E-state index contributed by atoms with van der Waals surface area (Å²) in [5.74, 6) is 0.497. The van der Waals surface area contributed by atoms with Crippen molar-refractivity contribution in [2.75, 3.05) is 24.7 Å². The Morgan fingerprint density at radius 3 is 3.05 bits per heavy atom. The molecule has 0 unspecified atom stereocenters. The number of aromatic nitrogens is 2. The number of unbranched alkanes of at least 4 members (excludes halogenated alkanes) is 1. The Kier molecular flexibility index (Phi) is 7.14. The maximum Gasteiger partial charge on any atom is 0.233 e. The molecular formula is C14H20N4OS3. The Bertz CT molecular complexity index is 570. The molecule has 1 N–H and O–H groups in total. The molecule has 120 valence electrons. The van der Waals surface area contributed by atoms with Gasteiger partial charge in [0.25, 0.3) is 0 Å². The molecule has 0 saturated heterocycles. The van der Waals surface area contributed by atoms with Crippen molar-refractivity contribution < 1.29 is 4.79 Å². The Hall–Kier alpha value is -1.12. The second-order valence-electron chi connectivity index (χ2n) is 4.82. The molecule has 0 aliphatic heterocycles. The third-order valence-electron chi connectivity index (χ3n) is 2.96. The van der Waals surface area contributed by atoms with Crippen LogP contribution in [-0.2, 0) is 11.3 Å². The number of thiophene rings is 1. The molecule has 2 aromatic rings. The van der Waals surface area contributed by atoms with Crippen LogP contribution < -0.4 is 5.32 Å². The van der Waals surface area contributed by atoms with Gasteiger partial charge in [0.05, 0.1) is 5.75 Å². The monoisotopic (exact) mass is 356 g/mol. The number of rotatable bonds is 9. The van der Waals surface area contributed by atoms with E-state index in [1.165, 1.54) is 28.7 Å². The van der Waals surface area contributed by atoms with E-state index in [0.29, 0.717) is 12.3 Å². The number of anilines is 1. The highest BCUT2D eigenvalue weighted by atomic mass is 32.2. The minimum Gasteiger partial charge on any atom is -0.360 e. The van der Waals surface area contributed by atoms with Gasteiger partial charge in [-0.05, 0) is 28.8 Å². The molecule has 0 radical (unpaired) electrons. The summed E-state index contributed by atoms with van der Waals surface area (Å²) in [7, 11) is 1.83. The van der Waals surface area contributed by atoms with Gasteiger partial charge >= 0.3 is 0 Å². The highest BCUT2D eigenvalue weighted by Gasteiger charge is 2.12. The number of thioether (sulfide) groups is 1. The quantitative estimate of drug-likeness (QED) is 0.550. The van der Waals surface area contributed by atoms with E-state index in [1.54, 1.807) is 16.2 Å². The number of nitrogens with one attached hydrogen (secondary N) is 1. The molecule has 5 nitrogen and oxygen atoms in total. The van der Waals surface area contributed by atoms with E-state index >= 15 is 0 Å². The SMILES string of the molecule is CCCCNc1nnc(SCC(=O)N(C)Cc2ccsc2)s1. The smallest absolute Gasteiger partial charge is 0.233 e. The summed E-state index contributed by atoms with van der Waals surface area (Å²) in [6.45, 7) is 3.72. The average molecular weight is 357 g/mol. The summed E-state index contributed by atoms with van der Waals surface area (Å²) in [6, 6.07) is 2.04. The first-order valence-electron chi connectivity index (χ1n) is 7.14. The van der Waals surface area contributed by atoms with Crippen LogP contribution in [-0.4, -0.2) is 40.3 Å². The number of hydrogen-bond acceptors (Lipinski definition) is 7. The lowest BCUT2D eigenvalue weighted by Gasteiger charge is -2.15. The van der Waals surface area contributed by atoms with Crippen LogP contribution in [0.1, 0.15) is 25.3 Å². The standard InChI is InChI=1S/C14H20N4OS3/c1-3-4-6-15-13-16-17-14(22-13)21-10-12(19)18(2)8-11-5-7-20-9-11/h5,7,9H,3-4,6,8,10H2,1-2H3,(H,15,16). The molecular weight excluding hydrogens is 336 g/mol. The lowest BCUT2D eigenvalue weighted by atomic mass is 10.3. The molecule has 2 heterocycles. The number of hydrogen-bond donors (Lipinski definition) is 1. The van der Waals surface area contributed by atoms with Gasteiger partial charge in [0.2, 0.25) is 11.0 Å². The van der Waals surface area contributed by atoms with Crippen molar-refractivity contribution in [3.63, 3.8) is 0 Å². The molecule has 0 aliphatic rings. The van der Waals surface area contributed by atoms with Crippen LogP contribution in [0.5, 0.6) is 0 Å². The van der Waals surface area contributed by atoms with Crippen molar-refractivity contribution in [3.8, 4) is 0 Å². The first-order valence-corrected chi connectivity index (χ1v) is 9.88. The predicted molar refractivity (Wildman–Crippen MR) is 94.8 cm³/mol. The third kappa shape index (κ3) is 5.58. The second kappa shape index (κ2) is 9.12. The zero-order valence-corrected chi connectivity index (χ0v) is 15.2. The van der Waals surface area contributed by atoms with Crippen molar-refractivity contribution in [2.45, 2.75) is 30.6 Å². The van der Waals surface area contributed by atoms with Crippen LogP contribution in [0.4, 0.5) is 5.13 Å². The molecule has 0 atom stereocenters. The molecule has 8 heteroatoms. The molecule has 2 rings (SSSR count). The van der Waals surface area contributed by atoms with Crippen molar-refractivity contribution in [3.05, 3.63) is 22.4 Å². The Labute approximate surface area is 143 Å². The Morgan fingerprint density at radius 2 is 2.32 bits per heavy atom. The van der Waals surface area contributed by atoms with E-state index in [-0.39, 0.29) is 5.91 Å². The fraction of sp³-hybridized carbons (Fsp3) is 0.500. The highest BCUT2D eigenvalue weighted by molar-refractivity contribution is 8.01.